The number of hydrogen-bond acceptors (Lipinski definition) is 13. The number of aromatic nitrogens is 8. The summed E-state index contributed by atoms with van der Waals surface area (Å²) in [5, 5.41) is 45.6. The number of aryl methyl sites for hydroxylation is 2. The molecule has 0 unspecified atom stereocenters. The molecule has 0 spiro atoms. The molecular formula is C22H27F2N9O7. The van der Waals surface area contributed by atoms with Crippen LogP contribution >= 0.6 is 0 Å². The van der Waals surface area contributed by atoms with Gasteiger partial charge in [0.1, 0.15) is 48.3 Å². The van der Waals surface area contributed by atoms with Gasteiger partial charge in [0, 0.05) is 0 Å². The maximum atomic E-state index is 14.1. The second-order valence-electron chi connectivity index (χ2n) is 9.35. The number of alkyl halides is 2. The van der Waals surface area contributed by atoms with Gasteiger partial charge in [0.25, 0.3) is 5.56 Å². The lowest BCUT2D eigenvalue weighted by Gasteiger charge is -2.12. The number of hydrogen-bond donors (Lipinski definition) is 6. The molecule has 2 aliphatic heterocycles. The van der Waals surface area contributed by atoms with Crippen LogP contribution in [-0.2, 0) is 9.47 Å². The van der Waals surface area contributed by atoms with Crippen LogP contribution in [0.1, 0.15) is 35.2 Å². The molecule has 4 aromatic heterocycles. The molecular weight excluding hydrogens is 540 g/mol. The van der Waals surface area contributed by atoms with E-state index in [1.807, 2.05) is 0 Å². The largest absolute Gasteiger partial charge is 0.394 e. The smallest absolute Gasteiger partial charge is 0.294 e. The molecule has 0 amide bonds. The molecule has 0 radical (unpaired) electrons. The number of H-pyrrole nitrogens is 1. The third kappa shape index (κ3) is 4.67. The van der Waals surface area contributed by atoms with E-state index in [2.05, 4.69) is 30.1 Å². The fourth-order valence-electron chi connectivity index (χ4n) is 4.66. The van der Waals surface area contributed by atoms with Gasteiger partial charge in [-0.2, -0.15) is 10.2 Å². The van der Waals surface area contributed by atoms with Crippen LogP contribution in [0.5, 0.6) is 0 Å². The summed E-state index contributed by atoms with van der Waals surface area (Å²) in [7, 11) is 0. The molecule has 0 saturated carbocycles. The topological polar surface area (TPSA) is 232 Å². The van der Waals surface area contributed by atoms with Gasteiger partial charge in [0.2, 0.25) is 5.65 Å². The van der Waals surface area contributed by atoms with Gasteiger partial charge in [-0.1, -0.05) is 0 Å². The Balaban J connectivity index is 0.000000161. The van der Waals surface area contributed by atoms with Crippen molar-refractivity contribution in [3.63, 3.8) is 0 Å². The van der Waals surface area contributed by atoms with E-state index in [4.69, 9.17) is 25.4 Å². The van der Waals surface area contributed by atoms with Crippen molar-refractivity contribution in [1.29, 1.82) is 0 Å². The maximum Gasteiger partial charge on any atom is 0.294 e. The number of aliphatic hydroxyl groups is 4. The van der Waals surface area contributed by atoms with Crippen LogP contribution in [-0.4, -0.2) is 110 Å². The minimum atomic E-state index is -1.73. The molecule has 8 atom stereocenters. The molecule has 2 fully saturated rings. The van der Waals surface area contributed by atoms with Crippen molar-refractivity contribution in [1.82, 2.24) is 39.2 Å². The number of aromatic amines is 1. The molecule has 0 bridgehead atoms. The van der Waals surface area contributed by atoms with E-state index in [0.29, 0.717) is 23.0 Å². The number of imidazole rings is 2. The lowest BCUT2D eigenvalue weighted by atomic mass is 10.1. The average molecular weight is 568 g/mol. The lowest BCUT2D eigenvalue weighted by molar-refractivity contribution is -0.0241. The average Bonchev–Trinajstić information content (AvgIpc) is 3.66. The Hall–Kier alpha value is -3.68. The van der Waals surface area contributed by atoms with E-state index in [1.54, 1.807) is 13.8 Å². The minimum Gasteiger partial charge on any atom is -0.394 e. The number of nitrogens with two attached hydrogens (primary N) is 1. The van der Waals surface area contributed by atoms with E-state index in [-0.39, 0.29) is 17.2 Å². The number of ether oxygens (including phenoxy) is 2. The van der Waals surface area contributed by atoms with Crippen LogP contribution in [0.2, 0.25) is 0 Å². The van der Waals surface area contributed by atoms with Crippen molar-refractivity contribution in [2.75, 3.05) is 18.9 Å². The molecule has 16 nitrogen and oxygen atoms in total. The summed E-state index contributed by atoms with van der Waals surface area (Å²) in [6.45, 7) is 2.26. The number of fused-ring (bicyclic) bond motifs is 2. The third-order valence-corrected chi connectivity index (χ3v) is 6.61. The maximum absolute atomic E-state index is 14.1. The molecule has 4 aromatic rings. The summed E-state index contributed by atoms with van der Waals surface area (Å²) in [4.78, 5) is 26.1. The van der Waals surface area contributed by atoms with Gasteiger partial charge in [-0.3, -0.25) is 4.79 Å². The highest BCUT2D eigenvalue weighted by atomic mass is 19.1. The summed E-state index contributed by atoms with van der Waals surface area (Å²) < 4.78 is 41.3. The molecule has 0 aliphatic carbocycles. The number of nitrogens with one attached hydrogen (secondary N) is 1. The van der Waals surface area contributed by atoms with Crippen molar-refractivity contribution in [2.45, 2.75) is 62.8 Å². The van der Waals surface area contributed by atoms with Crippen molar-refractivity contribution in [2.24, 2.45) is 0 Å². The van der Waals surface area contributed by atoms with E-state index in [9.17, 15) is 23.8 Å². The standard InChI is InChI=1S/C11H14FN5O3.C11H13FN4O4/c1-4-15-10(13)11-14-2-5(17(11)16-4)9-7(12)8(19)6(3-18)20-9;1-4-14-11(19)10-13-2-5(16(10)15-4)9-7(12)8(18)6(3-17)20-9/h2,6-9,18-19H,3H2,1H3,(H2,13,15,16);2,6-9,17-18H,3H2,1H3,(H,14,15,19)/t2*6-,7-,8-,9+/m11/s1. The number of nitrogen functional groups attached to an aromatic ring is 1. The van der Waals surface area contributed by atoms with Crippen LogP contribution in [0.25, 0.3) is 11.3 Å². The van der Waals surface area contributed by atoms with Crippen molar-refractivity contribution >= 4 is 17.1 Å². The van der Waals surface area contributed by atoms with Crippen LogP contribution in [0.15, 0.2) is 17.2 Å². The highest BCUT2D eigenvalue weighted by molar-refractivity contribution is 5.59. The monoisotopic (exact) mass is 567 g/mol. The van der Waals surface area contributed by atoms with E-state index < -0.39 is 67.7 Å². The predicted octanol–water partition coefficient (Wildman–Crippen LogP) is -2.00. The first-order chi connectivity index (χ1) is 19.0. The van der Waals surface area contributed by atoms with Crippen LogP contribution < -0.4 is 11.3 Å². The van der Waals surface area contributed by atoms with Crippen LogP contribution in [0.4, 0.5) is 14.6 Å². The van der Waals surface area contributed by atoms with E-state index in [1.165, 1.54) is 21.4 Å². The molecule has 216 valence electrons. The summed E-state index contributed by atoms with van der Waals surface area (Å²) in [5.74, 6) is 0.924. The first-order valence-electron chi connectivity index (χ1n) is 12.1. The SMILES string of the molecule is Cc1nc(N)c2ncc([C@@H]3O[C@H](CO)[C@@H](O)[C@H]3F)n2n1.Cc1nn2c([C@@H]3O[C@H](CO)[C@@H](O)[C@H]3F)cnc2c(=O)[nH]1. The Bertz CT molecular complexity index is 1580. The van der Waals surface area contributed by atoms with Gasteiger partial charge in [-0.25, -0.2) is 32.8 Å². The highest BCUT2D eigenvalue weighted by Gasteiger charge is 2.47. The van der Waals surface area contributed by atoms with E-state index >= 15 is 0 Å². The number of anilines is 1. The number of nitrogens with zero attached hydrogens (tertiary/aromatic N) is 7. The second kappa shape index (κ2) is 10.7. The fourth-order valence-corrected chi connectivity index (χ4v) is 4.66. The minimum absolute atomic E-state index is 0.0170. The second-order valence-corrected chi connectivity index (χ2v) is 9.35. The number of rotatable bonds is 4. The van der Waals surface area contributed by atoms with Crippen molar-refractivity contribution in [3.05, 3.63) is 45.8 Å². The number of aliphatic hydroxyl groups excluding tert-OH is 4. The first kappa shape index (κ1) is 27.9. The fraction of sp³-hybridized carbons (Fsp3) is 0.545. The zero-order valence-corrected chi connectivity index (χ0v) is 21.2. The summed E-state index contributed by atoms with van der Waals surface area (Å²) in [5.41, 5.74) is 6.13. The van der Waals surface area contributed by atoms with Gasteiger partial charge in [0.15, 0.2) is 23.8 Å². The Morgan fingerprint density at radius 2 is 1.43 bits per heavy atom. The quantitative estimate of drug-likeness (QED) is 0.157. The van der Waals surface area contributed by atoms with Gasteiger partial charge in [0.05, 0.1) is 37.0 Å². The normalized spacial score (nSPS) is 30.2. The molecule has 40 heavy (non-hydrogen) atoms. The Morgan fingerprint density at radius 3 is 1.93 bits per heavy atom. The zero-order valence-electron chi connectivity index (χ0n) is 21.2. The van der Waals surface area contributed by atoms with Crippen molar-refractivity contribution in [3.8, 4) is 0 Å². The molecule has 2 saturated heterocycles. The summed E-state index contributed by atoms with van der Waals surface area (Å²) >= 11 is 0. The van der Waals surface area contributed by atoms with Gasteiger partial charge >= 0.3 is 0 Å². The number of halogens is 2. The van der Waals surface area contributed by atoms with Crippen LogP contribution in [0, 0.1) is 13.8 Å². The molecule has 0 aromatic carbocycles. The first-order valence-corrected chi connectivity index (χ1v) is 12.1. The van der Waals surface area contributed by atoms with Gasteiger partial charge in [-0.15, -0.1) is 0 Å². The lowest BCUT2D eigenvalue weighted by Crippen LogP contribution is -2.30. The third-order valence-electron chi connectivity index (χ3n) is 6.61. The van der Waals surface area contributed by atoms with Gasteiger partial charge < -0.3 is 40.6 Å². The highest BCUT2D eigenvalue weighted by Crippen LogP contribution is 2.36. The molecule has 7 N–H and O–H groups in total. The van der Waals surface area contributed by atoms with Crippen LogP contribution in [0.3, 0.4) is 0 Å². The summed E-state index contributed by atoms with van der Waals surface area (Å²) in [6.07, 6.45) is -7.75. The predicted molar refractivity (Wildman–Crippen MR) is 129 cm³/mol. The molecule has 6 rings (SSSR count). The molecule has 6 heterocycles. The zero-order chi connectivity index (χ0) is 28.9. The molecule has 18 heteroatoms. The Labute approximate surface area is 223 Å². The Morgan fingerprint density at radius 1 is 0.925 bits per heavy atom. The Kier molecular flexibility index (Phi) is 7.46. The van der Waals surface area contributed by atoms with Gasteiger partial charge in [-0.05, 0) is 13.8 Å². The van der Waals surface area contributed by atoms with Crippen molar-refractivity contribution < 1.29 is 38.7 Å². The van der Waals surface area contributed by atoms with E-state index in [0.717, 1.165) is 0 Å². The summed E-state index contributed by atoms with van der Waals surface area (Å²) in [6, 6.07) is 0. The molecule has 2 aliphatic rings.